The van der Waals surface area contributed by atoms with Gasteiger partial charge < -0.3 is 10.1 Å². The maximum absolute atomic E-state index is 8.81. The zero-order valence-corrected chi connectivity index (χ0v) is 8.87. The molecule has 0 aliphatic heterocycles. The van der Waals surface area contributed by atoms with E-state index in [-0.39, 0.29) is 0 Å². The highest BCUT2D eigenvalue weighted by atomic mass is 16.1. The highest BCUT2D eigenvalue weighted by molar-refractivity contribution is 5.44. The van der Waals surface area contributed by atoms with Gasteiger partial charge in [0.1, 0.15) is 6.29 Å². The van der Waals surface area contributed by atoms with Crippen LogP contribution in [0.2, 0.25) is 0 Å². The Hall–Kier alpha value is -1.15. The Labute approximate surface area is 81.0 Å². The van der Waals surface area contributed by atoms with Gasteiger partial charge >= 0.3 is 0 Å². The van der Waals surface area contributed by atoms with Gasteiger partial charge in [-0.05, 0) is 27.9 Å². The molecule has 0 heterocycles. The highest BCUT2D eigenvalue weighted by Crippen LogP contribution is 1.92. The minimum Gasteiger partial charge on any atom is -0.323 e. The van der Waals surface area contributed by atoms with Gasteiger partial charge in [0.05, 0.1) is 0 Å². The van der Waals surface area contributed by atoms with Crippen LogP contribution in [0.4, 0.5) is 0 Å². The van der Waals surface area contributed by atoms with Gasteiger partial charge in [-0.1, -0.05) is 35.9 Å². The third-order valence-corrected chi connectivity index (χ3v) is 0.940. The molecule has 0 atom stereocenters. The predicted octanol–water partition coefficient (Wildman–Crippen LogP) is 2.04. The fraction of sp³-hybridized carbons (Fsp3) is 0.364. The van der Waals surface area contributed by atoms with E-state index in [4.69, 9.17) is 4.79 Å². The lowest BCUT2D eigenvalue weighted by atomic mass is 10.2. The second-order valence-electron chi connectivity index (χ2n) is 2.39. The van der Waals surface area contributed by atoms with E-state index in [2.05, 4.69) is 24.4 Å². The minimum atomic E-state index is 0.750. The van der Waals surface area contributed by atoms with Crippen LogP contribution in [-0.4, -0.2) is 20.4 Å². The van der Waals surface area contributed by atoms with Crippen molar-refractivity contribution >= 4 is 6.29 Å². The van der Waals surface area contributed by atoms with Crippen LogP contribution in [0, 0.1) is 6.92 Å². The van der Waals surface area contributed by atoms with Gasteiger partial charge in [0.25, 0.3) is 0 Å². The molecular weight excluding hydrogens is 162 g/mol. The van der Waals surface area contributed by atoms with Crippen LogP contribution in [0.15, 0.2) is 30.3 Å². The third-order valence-electron chi connectivity index (χ3n) is 0.940. The SMILES string of the molecule is CC=O.CNC.Cc1ccccc1. The van der Waals surface area contributed by atoms with Crippen molar-refractivity contribution < 1.29 is 4.79 Å². The molecule has 0 radical (unpaired) electrons. The molecule has 0 saturated carbocycles. The summed E-state index contributed by atoms with van der Waals surface area (Å²) in [5.74, 6) is 0. The molecule has 13 heavy (non-hydrogen) atoms. The van der Waals surface area contributed by atoms with Crippen LogP contribution in [-0.2, 0) is 4.79 Å². The maximum Gasteiger partial charge on any atom is 0.116 e. The van der Waals surface area contributed by atoms with Gasteiger partial charge in [-0.3, -0.25) is 0 Å². The Balaban J connectivity index is 0. The van der Waals surface area contributed by atoms with Crippen molar-refractivity contribution in [1.82, 2.24) is 5.32 Å². The number of hydrogen-bond acceptors (Lipinski definition) is 2. The molecule has 1 aromatic carbocycles. The lowest BCUT2D eigenvalue weighted by Gasteiger charge is -1.82. The average Bonchev–Trinajstić information content (AvgIpc) is 2.08. The van der Waals surface area contributed by atoms with E-state index in [0.717, 1.165) is 6.29 Å². The summed E-state index contributed by atoms with van der Waals surface area (Å²) in [5, 5.41) is 2.75. The predicted molar refractivity (Wildman–Crippen MR) is 57.9 cm³/mol. The average molecular weight is 181 g/mol. The smallest absolute Gasteiger partial charge is 0.116 e. The summed E-state index contributed by atoms with van der Waals surface area (Å²) < 4.78 is 0. The lowest BCUT2D eigenvalue weighted by Crippen LogP contribution is -1.89. The standard InChI is InChI=1S/C7H8.C2H7N.C2H4O/c1-7-5-3-2-4-6-7;1-3-2;1-2-3/h2-6H,1H3;3H,1-2H3;2H,1H3. The molecule has 2 nitrogen and oxygen atoms in total. The van der Waals surface area contributed by atoms with Crippen LogP contribution < -0.4 is 5.32 Å². The molecule has 0 aromatic heterocycles. The summed E-state index contributed by atoms with van der Waals surface area (Å²) in [6, 6.07) is 10.3. The van der Waals surface area contributed by atoms with Crippen molar-refractivity contribution in [2.45, 2.75) is 13.8 Å². The van der Waals surface area contributed by atoms with Gasteiger partial charge in [0, 0.05) is 0 Å². The van der Waals surface area contributed by atoms with E-state index in [1.165, 1.54) is 12.5 Å². The van der Waals surface area contributed by atoms with Gasteiger partial charge in [-0.15, -0.1) is 0 Å². The largest absolute Gasteiger partial charge is 0.323 e. The van der Waals surface area contributed by atoms with Crippen molar-refractivity contribution in [3.8, 4) is 0 Å². The first-order chi connectivity index (χ1) is 6.22. The van der Waals surface area contributed by atoms with Gasteiger partial charge in [-0.25, -0.2) is 0 Å². The second kappa shape index (κ2) is 13.4. The number of nitrogens with one attached hydrogen (secondary N) is 1. The van der Waals surface area contributed by atoms with Crippen molar-refractivity contribution in [1.29, 1.82) is 0 Å². The Morgan fingerprint density at radius 1 is 1.15 bits per heavy atom. The topological polar surface area (TPSA) is 29.1 Å². The normalized spacial score (nSPS) is 7.08. The number of carbonyl (C=O) groups is 1. The third kappa shape index (κ3) is 18.1. The number of carbonyl (C=O) groups excluding carboxylic acids is 1. The number of aldehydes is 1. The molecule has 1 N–H and O–H groups in total. The van der Waals surface area contributed by atoms with Crippen molar-refractivity contribution in [3.05, 3.63) is 35.9 Å². The molecule has 0 aliphatic rings. The first-order valence-electron chi connectivity index (χ1n) is 4.22. The Bertz CT molecular complexity index is 185. The minimum absolute atomic E-state index is 0.750. The molecule has 1 rings (SSSR count). The molecule has 74 valence electrons. The summed E-state index contributed by atoms with van der Waals surface area (Å²) in [7, 11) is 3.75. The van der Waals surface area contributed by atoms with Gasteiger partial charge in [0.15, 0.2) is 0 Å². The van der Waals surface area contributed by atoms with Gasteiger partial charge in [0.2, 0.25) is 0 Å². The van der Waals surface area contributed by atoms with E-state index >= 15 is 0 Å². The van der Waals surface area contributed by atoms with E-state index in [1.807, 2.05) is 32.3 Å². The zero-order valence-electron chi connectivity index (χ0n) is 8.87. The molecule has 0 unspecified atom stereocenters. The van der Waals surface area contributed by atoms with E-state index < -0.39 is 0 Å². The van der Waals surface area contributed by atoms with Crippen LogP contribution in [0.25, 0.3) is 0 Å². The summed E-state index contributed by atoms with van der Waals surface area (Å²) in [4.78, 5) is 8.81. The molecule has 0 fully saturated rings. The lowest BCUT2D eigenvalue weighted by molar-refractivity contribution is -0.106. The molecule has 0 spiro atoms. The van der Waals surface area contributed by atoms with E-state index in [1.54, 1.807) is 0 Å². The quantitative estimate of drug-likeness (QED) is 0.620. The summed E-state index contributed by atoms with van der Waals surface area (Å²) in [5.41, 5.74) is 1.32. The second-order valence-corrected chi connectivity index (χ2v) is 2.39. The number of aryl methyl sites for hydroxylation is 1. The molecule has 0 aliphatic carbocycles. The summed E-state index contributed by atoms with van der Waals surface area (Å²) in [6.07, 6.45) is 0.750. The van der Waals surface area contributed by atoms with Crippen molar-refractivity contribution in [2.75, 3.05) is 14.1 Å². The number of rotatable bonds is 0. The van der Waals surface area contributed by atoms with Crippen LogP contribution in [0.5, 0.6) is 0 Å². The molecule has 0 amide bonds. The van der Waals surface area contributed by atoms with Crippen LogP contribution in [0.1, 0.15) is 12.5 Å². The maximum atomic E-state index is 8.81. The van der Waals surface area contributed by atoms with E-state index in [0.29, 0.717) is 0 Å². The number of hydrogen-bond donors (Lipinski definition) is 1. The van der Waals surface area contributed by atoms with Gasteiger partial charge in [-0.2, -0.15) is 0 Å². The summed E-state index contributed by atoms with van der Waals surface area (Å²) >= 11 is 0. The first-order valence-corrected chi connectivity index (χ1v) is 4.22. The van der Waals surface area contributed by atoms with E-state index in [9.17, 15) is 0 Å². The van der Waals surface area contributed by atoms with Crippen LogP contribution in [0.3, 0.4) is 0 Å². The molecule has 0 bridgehead atoms. The van der Waals surface area contributed by atoms with Crippen LogP contribution >= 0.6 is 0 Å². The Kier molecular flexibility index (Phi) is 14.9. The van der Waals surface area contributed by atoms with Crippen molar-refractivity contribution in [2.24, 2.45) is 0 Å². The Morgan fingerprint density at radius 3 is 1.62 bits per heavy atom. The fourth-order valence-electron chi connectivity index (χ4n) is 0.534. The molecule has 2 heteroatoms. The molecular formula is C11H19NO. The number of benzene rings is 1. The molecule has 1 aromatic rings. The Morgan fingerprint density at radius 2 is 1.46 bits per heavy atom. The summed E-state index contributed by atoms with van der Waals surface area (Å²) in [6.45, 7) is 3.53. The van der Waals surface area contributed by atoms with Crippen molar-refractivity contribution in [3.63, 3.8) is 0 Å². The highest BCUT2D eigenvalue weighted by Gasteiger charge is 1.72. The fourth-order valence-corrected chi connectivity index (χ4v) is 0.534. The molecule has 0 saturated heterocycles. The zero-order chi connectivity index (χ0) is 10.5. The monoisotopic (exact) mass is 181 g/mol. The first kappa shape index (κ1) is 14.4.